The van der Waals surface area contributed by atoms with Crippen molar-refractivity contribution >= 4 is 32.6 Å². The summed E-state index contributed by atoms with van der Waals surface area (Å²) in [6, 6.07) is 13.8. The zero-order valence-electron chi connectivity index (χ0n) is 11.5. The number of fused-ring (bicyclic) bond motifs is 1. The molecule has 1 aromatic heterocycles. The van der Waals surface area contributed by atoms with E-state index in [1.54, 1.807) is 13.1 Å². The smallest absolute Gasteiger partial charge is 0.161 e. The second-order valence-electron chi connectivity index (χ2n) is 4.86. The fraction of sp³-hybridized carbons (Fsp3) is 0.118. The summed E-state index contributed by atoms with van der Waals surface area (Å²) in [5.41, 5.74) is 2.70. The number of ether oxygens (including phenoxy) is 1. The standard InChI is InChI=1S/C17H14BrNO2/c1-11(20)14-9-19-16-8-15(18)17(7-13(14)16)21-10-12-5-3-2-4-6-12/h2-9,19H,10H2,1H3. The molecule has 0 atom stereocenters. The third-order valence-corrected chi connectivity index (χ3v) is 3.97. The molecule has 0 unspecified atom stereocenters. The van der Waals surface area contributed by atoms with Gasteiger partial charge in [-0.1, -0.05) is 30.3 Å². The Labute approximate surface area is 131 Å². The zero-order valence-corrected chi connectivity index (χ0v) is 13.1. The number of halogens is 1. The van der Waals surface area contributed by atoms with Crippen LogP contribution in [0.5, 0.6) is 5.75 Å². The molecule has 4 heteroatoms. The molecule has 0 saturated heterocycles. The Bertz CT molecular complexity index is 793. The van der Waals surface area contributed by atoms with Crippen molar-refractivity contribution in [1.82, 2.24) is 4.98 Å². The minimum atomic E-state index is 0.0394. The Balaban J connectivity index is 1.92. The Hall–Kier alpha value is -2.07. The lowest BCUT2D eigenvalue weighted by atomic mass is 10.1. The molecule has 0 aliphatic rings. The number of hydrogen-bond acceptors (Lipinski definition) is 2. The highest BCUT2D eigenvalue weighted by Crippen LogP contribution is 2.32. The highest BCUT2D eigenvalue weighted by atomic mass is 79.9. The normalized spacial score (nSPS) is 10.8. The maximum Gasteiger partial charge on any atom is 0.161 e. The van der Waals surface area contributed by atoms with Crippen LogP contribution in [0.4, 0.5) is 0 Å². The Morgan fingerprint density at radius 3 is 2.71 bits per heavy atom. The van der Waals surface area contributed by atoms with E-state index in [1.165, 1.54) is 0 Å². The summed E-state index contributed by atoms with van der Waals surface area (Å²) in [6.07, 6.45) is 1.74. The molecular formula is C17H14BrNO2. The number of benzene rings is 2. The van der Waals surface area contributed by atoms with Crippen molar-refractivity contribution in [3.63, 3.8) is 0 Å². The van der Waals surface area contributed by atoms with Gasteiger partial charge in [-0.25, -0.2) is 0 Å². The van der Waals surface area contributed by atoms with E-state index in [0.717, 1.165) is 26.7 Å². The molecule has 0 fully saturated rings. The van der Waals surface area contributed by atoms with Gasteiger partial charge in [-0.05, 0) is 40.5 Å². The van der Waals surface area contributed by atoms with Crippen LogP contribution < -0.4 is 4.74 Å². The maximum atomic E-state index is 11.6. The molecule has 1 N–H and O–H groups in total. The van der Waals surface area contributed by atoms with E-state index in [-0.39, 0.29) is 5.78 Å². The van der Waals surface area contributed by atoms with Crippen molar-refractivity contribution in [3.8, 4) is 5.75 Å². The molecule has 0 bridgehead atoms. The third kappa shape index (κ3) is 2.85. The fourth-order valence-electron chi connectivity index (χ4n) is 2.26. The van der Waals surface area contributed by atoms with Gasteiger partial charge in [0, 0.05) is 22.7 Å². The van der Waals surface area contributed by atoms with Gasteiger partial charge in [0.25, 0.3) is 0 Å². The number of Topliss-reactive ketones (excluding diaryl/α,β-unsaturated/α-hetero) is 1. The average Bonchev–Trinajstić information content (AvgIpc) is 2.88. The Morgan fingerprint density at radius 2 is 2.00 bits per heavy atom. The van der Waals surface area contributed by atoms with Crippen LogP contribution in [-0.2, 0) is 6.61 Å². The molecule has 0 aliphatic heterocycles. The van der Waals surface area contributed by atoms with Gasteiger partial charge in [-0.2, -0.15) is 0 Å². The van der Waals surface area contributed by atoms with Crippen molar-refractivity contribution in [2.75, 3.05) is 0 Å². The van der Waals surface area contributed by atoms with Crippen LogP contribution in [0.1, 0.15) is 22.8 Å². The molecule has 2 aromatic carbocycles. The second kappa shape index (κ2) is 5.74. The van der Waals surface area contributed by atoms with Gasteiger partial charge in [0.1, 0.15) is 12.4 Å². The van der Waals surface area contributed by atoms with Crippen molar-refractivity contribution in [1.29, 1.82) is 0 Å². The van der Waals surface area contributed by atoms with Crippen LogP contribution >= 0.6 is 15.9 Å². The van der Waals surface area contributed by atoms with E-state index in [0.29, 0.717) is 12.2 Å². The average molecular weight is 344 g/mol. The van der Waals surface area contributed by atoms with E-state index < -0.39 is 0 Å². The maximum absolute atomic E-state index is 11.6. The van der Waals surface area contributed by atoms with E-state index in [1.807, 2.05) is 42.5 Å². The van der Waals surface area contributed by atoms with E-state index >= 15 is 0 Å². The van der Waals surface area contributed by atoms with Gasteiger partial charge in [0.15, 0.2) is 5.78 Å². The lowest BCUT2D eigenvalue weighted by Crippen LogP contribution is -1.96. The summed E-state index contributed by atoms with van der Waals surface area (Å²) >= 11 is 3.51. The van der Waals surface area contributed by atoms with Gasteiger partial charge in [-0.15, -0.1) is 0 Å². The van der Waals surface area contributed by atoms with Crippen molar-refractivity contribution in [3.05, 3.63) is 64.3 Å². The molecular weight excluding hydrogens is 330 g/mol. The van der Waals surface area contributed by atoms with Crippen LogP contribution in [0.3, 0.4) is 0 Å². The summed E-state index contributed by atoms with van der Waals surface area (Å²) in [5, 5.41) is 0.883. The molecule has 0 aliphatic carbocycles. The van der Waals surface area contributed by atoms with Crippen LogP contribution in [0.15, 0.2) is 53.1 Å². The first-order valence-corrected chi connectivity index (χ1v) is 7.43. The SMILES string of the molecule is CC(=O)c1c[nH]c2cc(Br)c(OCc3ccccc3)cc12. The van der Waals surface area contributed by atoms with Crippen LogP contribution in [-0.4, -0.2) is 10.8 Å². The van der Waals surface area contributed by atoms with Gasteiger partial charge in [-0.3, -0.25) is 4.79 Å². The molecule has 0 saturated carbocycles. The van der Waals surface area contributed by atoms with Crippen LogP contribution in [0.2, 0.25) is 0 Å². The van der Waals surface area contributed by atoms with E-state index in [9.17, 15) is 4.79 Å². The lowest BCUT2D eigenvalue weighted by Gasteiger charge is -2.09. The summed E-state index contributed by atoms with van der Waals surface area (Å²) in [7, 11) is 0. The molecule has 1 heterocycles. The minimum absolute atomic E-state index is 0.0394. The highest BCUT2D eigenvalue weighted by molar-refractivity contribution is 9.10. The highest BCUT2D eigenvalue weighted by Gasteiger charge is 2.12. The van der Waals surface area contributed by atoms with Crippen molar-refractivity contribution in [2.45, 2.75) is 13.5 Å². The number of rotatable bonds is 4. The van der Waals surface area contributed by atoms with Gasteiger partial charge in [0.05, 0.1) is 4.47 Å². The second-order valence-corrected chi connectivity index (χ2v) is 5.72. The molecule has 21 heavy (non-hydrogen) atoms. The predicted molar refractivity (Wildman–Crippen MR) is 86.8 cm³/mol. The fourth-order valence-corrected chi connectivity index (χ4v) is 2.72. The van der Waals surface area contributed by atoms with Crippen LogP contribution in [0.25, 0.3) is 10.9 Å². The predicted octanol–water partition coefficient (Wildman–Crippen LogP) is 4.71. The van der Waals surface area contributed by atoms with Gasteiger partial charge < -0.3 is 9.72 Å². The molecule has 0 spiro atoms. The first-order valence-electron chi connectivity index (χ1n) is 6.63. The molecule has 3 aromatic rings. The number of H-pyrrole nitrogens is 1. The zero-order chi connectivity index (χ0) is 14.8. The molecule has 0 amide bonds. The third-order valence-electron chi connectivity index (χ3n) is 3.35. The molecule has 106 valence electrons. The summed E-state index contributed by atoms with van der Waals surface area (Å²) < 4.78 is 6.73. The Kier molecular flexibility index (Phi) is 3.80. The lowest BCUT2D eigenvalue weighted by molar-refractivity contribution is 0.101. The van der Waals surface area contributed by atoms with E-state index in [2.05, 4.69) is 20.9 Å². The van der Waals surface area contributed by atoms with Gasteiger partial charge in [0.2, 0.25) is 0 Å². The van der Waals surface area contributed by atoms with E-state index in [4.69, 9.17) is 4.74 Å². The molecule has 3 rings (SSSR count). The number of carbonyl (C=O) groups is 1. The summed E-state index contributed by atoms with van der Waals surface area (Å²) in [6.45, 7) is 2.06. The first-order chi connectivity index (χ1) is 10.1. The largest absolute Gasteiger partial charge is 0.488 e. The van der Waals surface area contributed by atoms with Crippen LogP contribution in [0, 0.1) is 0 Å². The first kappa shape index (κ1) is 13.9. The number of ketones is 1. The van der Waals surface area contributed by atoms with Crippen molar-refractivity contribution < 1.29 is 9.53 Å². The summed E-state index contributed by atoms with van der Waals surface area (Å²) in [4.78, 5) is 14.7. The number of hydrogen-bond donors (Lipinski definition) is 1. The topological polar surface area (TPSA) is 42.1 Å². The minimum Gasteiger partial charge on any atom is -0.488 e. The van der Waals surface area contributed by atoms with Gasteiger partial charge >= 0.3 is 0 Å². The molecule has 3 nitrogen and oxygen atoms in total. The molecule has 0 radical (unpaired) electrons. The Morgan fingerprint density at radius 1 is 1.24 bits per heavy atom. The number of nitrogens with one attached hydrogen (secondary N) is 1. The monoisotopic (exact) mass is 343 g/mol. The number of carbonyl (C=O) groups excluding carboxylic acids is 1. The quantitative estimate of drug-likeness (QED) is 0.697. The number of aromatic amines is 1. The van der Waals surface area contributed by atoms with Crippen molar-refractivity contribution in [2.24, 2.45) is 0 Å². The summed E-state index contributed by atoms with van der Waals surface area (Å²) in [5.74, 6) is 0.769. The number of aromatic nitrogens is 1.